The second-order valence-corrected chi connectivity index (χ2v) is 9.39. The first-order valence-electron chi connectivity index (χ1n) is 10.5. The van der Waals surface area contributed by atoms with Crippen LogP contribution in [-0.4, -0.2) is 21.5 Å². The van der Waals surface area contributed by atoms with Crippen LogP contribution in [0.25, 0.3) is 17.0 Å². The van der Waals surface area contributed by atoms with Gasteiger partial charge in [-0.15, -0.1) is 0 Å². The lowest BCUT2D eigenvalue weighted by atomic mass is 9.37. The third kappa shape index (κ3) is 1.54. The number of aromatic nitrogens is 1. The lowest BCUT2D eigenvalue weighted by Crippen LogP contribution is -2.78. The fraction of sp³-hybridized carbons (Fsp3) is 0.360. The summed E-state index contributed by atoms with van der Waals surface area (Å²) in [5, 5.41) is 1.30. The molecule has 1 unspecified atom stereocenters. The van der Waals surface area contributed by atoms with Gasteiger partial charge < -0.3 is 4.98 Å². The second kappa shape index (κ2) is 4.77. The molecule has 1 N–H and O–H groups in total. The Labute approximate surface area is 164 Å². The van der Waals surface area contributed by atoms with Crippen LogP contribution in [0.2, 0.25) is 0 Å². The minimum atomic E-state index is -0.0674. The summed E-state index contributed by atoms with van der Waals surface area (Å²) in [6, 6.07) is 12.9. The van der Waals surface area contributed by atoms with E-state index in [0.29, 0.717) is 12.0 Å². The Bertz CT molecular complexity index is 1180. The maximum atomic E-state index is 15.5. The smallest absolute Gasteiger partial charge is 0.129 e. The van der Waals surface area contributed by atoms with Gasteiger partial charge in [0, 0.05) is 39.7 Å². The third-order valence-electron chi connectivity index (χ3n) is 8.20. The van der Waals surface area contributed by atoms with Crippen molar-refractivity contribution in [2.45, 2.75) is 49.7 Å². The average molecular weight is 370 g/mol. The zero-order valence-electron chi connectivity index (χ0n) is 16.0. The van der Waals surface area contributed by atoms with Gasteiger partial charge >= 0.3 is 0 Å². The molecular weight excluding hydrogens is 347 g/mol. The van der Waals surface area contributed by atoms with Crippen molar-refractivity contribution in [1.29, 1.82) is 0 Å². The van der Waals surface area contributed by atoms with Crippen LogP contribution in [0, 0.1) is 11.7 Å². The molecule has 3 saturated carbocycles. The number of fused-ring (bicyclic) bond motifs is 7. The molecule has 3 atom stereocenters. The molecule has 1 spiro atoms. The number of rotatable bonds is 1. The summed E-state index contributed by atoms with van der Waals surface area (Å²) < 4.78 is 15.5. The van der Waals surface area contributed by atoms with E-state index in [4.69, 9.17) is 0 Å². The van der Waals surface area contributed by atoms with E-state index in [9.17, 15) is 0 Å². The summed E-state index contributed by atoms with van der Waals surface area (Å²) in [6.07, 6.45) is 5.36. The van der Waals surface area contributed by atoms with E-state index in [1.165, 1.54) is 40.6 Å². The number of halogens is 1. The molecule has 2 bridgehead atoms. The molecular formula is C25H23FN2. The summed E-state index contributed by atoms with van der Waals surface area (Å²) in [6.45, 7) is 6.23. The van der Waals surface area contributed by atoms with Crippen molar-refractivity contribution < 1.29 is 4.39 Å². The van der Waals surface area contributed by atoms with Gasteiger partial charge in [-0.05, 0) is 60.9 Å². The van der Waals surface area contributed by atoms with Crippen LogP contribution >= 0.6 is 0 Å². The minimum Gasteiger partial charge on any atom is -0.357 e. The van der Waals surface area contributed by atoms with Gasteiger partial charge in [-0.1, -0.05) is 36.9 Å². The zero-order valence-corrected chi connectivity index (χ0v) is 16.0. The number of nitrogens with one attached hydrogen (secondary N) is 1. The van der Waals surface area contributed by atoms with Crippen molar-refractivity contribution in [1.82, 2.24) is 9.88 Å². The van der Waals surface area contributed by atoms with Crippen molar-refractivity contribution >= 4 is 17.0 Å². The van der Waals surface area contributed by atoms with Crippen LogP contribution in [-0.2, 0) is 6.42 Å². The predicted octanol–water partition coefficient (Wildman–Crippen LogP) is 5.55. The molecule has 2 aromatic carbocycles. The molecule has 0 saturated heterocycles. The first kappa shape index (κ1) is 15.5. The van der Waals surface area contributed by atoms with E-state index in [2.05, 4.69) is 53.7 Å². The molecule has 1 aromatic heterocycles. The molecule has 2 nitrogen and oxygen atoms in total. The highest BCUT2D eigenvalue weighted by molar-refractivity contribution is 5.85. The highest BCUT2D eigenvalue weighted by Gasteiger charge is 2.73. The number of para-hydroxylation sites is 1. The number of hydrogen-bond donors (Lipinski definition) is 1. The van der Waals surface area contributed by atoms with E-state index in [0.717, 1.165) is 23.5 Å². The monoisotopic (exact) mass is 370 g/mol. The van der Waals surface area contributed by atoms with E-state index in [1.54, 1.807) is 12.1 Å². The molecule has 3 fully saturated rings. The molecule has 0 amide bonds. The van der Waals surface area contributed by atoms with Gasteiger partial charge in [-0.3, -0.25) is 4.90 Å². The van der Waals surface area contributed by atoms with Crippen LogP contribution < -0.4 is 0 Å². The summed E-state index contributed by atoms with van der Waals surface area (Å²) in [5.74, 6) is 1.17. The lowest BCUT2D eigenvalue weighted by molar-refractivity contribution is -0.209. The van der Waals surface area contributed by atoms with Gasteiger partial charge in [0.15, 0.2) is 0 Å². The summed E-state index contributed by atoms with van der Waals surface area (Å²) in [4.78, 5) is 6.39. The molecule has 2 aliphatic heterocycles. The summed E-state index contributed by atoms with van der Waals surface area (Å²) in [7, 11) is 0. The number of benzene rings is 2. The second-order valence-electron chi connectivity index (χ2n) is 9.39. The standard InChI is InChI=1S/C25H23FN2/c1-3-14-9-18-21(19(26)10-14)24-23-17(16-6-4-5-7-20(16)27-23)8-13(2)28(24)25-11-15(12-25)22(18)25/h3-7,9-10,13,15,22,24,27H,1,8,11-12H2,2H3/t13-,15?,22?,24-,25?/m1/s1. The SMILES string of the molecule is C=Cc1cc(F)c2c(c1)C1C3CC1(C3)N1[C@H]2c2[nH]c3ccccc3c2C[C@H]1C. The van der Waals surface area contributed by atoms with Crippen molar-refractivity contribution in [3.63, 3.8) is 0 Å². The van der Waals surface area contributed by atoms with Gasteiger partial charge in [-0.2, -0.15) is 0 Å². The van der Waals surface area contributed by atoms with Crippen molar-refractivity contribution in [3.05, 3.63) is 76.7 Å². The van der Waals surface area contributed by atoms with Crippen LogP contribution in [0.4, 0.5) is 4.39 Å². The molecule has 3 heteroatoms. The summed E-state index contributed by atoms with van der Waals surface area (Å²) in [5.41, 5.74) is 7.08. The Kier molecular flexibility index (Phi) is 2.65. The fourth-order valence-corrected chi connectivity index (χ4v) is 7.14. The highest BCUT2D eigenvalue weighted by atomic mass is 19.1. The highest BCUT2D eigenvalue weighted by Crippen LogP contribution is 2.75. The predicted molar refractivity (Wildman–Crippen MR) is 110 cm³/mol. The van der Waals surface area contributed by atoms with E-state index >= 15 is 4.39 Å². The molecule has 5 aliphatic rings. The van der Waals surface area contributed by atoms with Crippen LogP contribution in [0.15, 0.2) is 43.0 Å². The minimum absolute atomic E-state index is 0.00230. The Hall–Kier alpha value is -2.39. The molecule has 8 rings (SSSR count). The van der Waals surface area contributed by atoms with Crippen molar-refractivity contribution in [3.8, 4) is 0 Å². The molecule has 28 heavy (non-hydrogen) atoms. The molecule has 140 valence electrons. The largest absolute Gasteiger partial charge is 0.357 e. The Morgan fingerprint density at radius 3 is 2.82 bits per heavy atom. The van der Waals surface area contributed by atoms with E-state index in [1.807, 2.05) is 0 Å². The summed E-state index contributed by atoms with van der Waals surface area (Å²) >= 11 is 0. The van der Waals surface area contributed by atoms with Crippen LogP contribution in [0.5, 0.6) is 0 Å². The van der Waals surface area contributed by atoms with Gasteiger partial charge in [0.1, 0.15) is 5.82 Å². The number of H-pyrrole nitrogens is 1. The Balaban J connectivity index is 1.56. The Morgan fingerprint density at radius 1 is 1.25 bits per heavy atom. The third-order valence-corrected chi connectivity index (χ3v) is 8.20. The lowest BCUT2D eigenvalue weighted by Gasteiger charge is -2.77. The fourth-order valence-electron chi connectivity index (χ4n) is 7.14. The van der Waals surface area contributed by atoms with Crippen LogP contribution in [0.1, 0.15) is 59.7 Å². The van der Waals surface area contributed by atoms with Gasteiger partial charge in [-0.25, -0.2) is 4.39 Å². The van der Waals surface area contributed by atoms with Gasteiger partial charge in [0.05, 0.1) is 6.04 Å². The molecule has 3 aromatic rings. The molecule has 3 heterocycles. The van der Waals surface area contributed by atoms with Crippen molar-refractivity contribution in [2.75, 3.05) is 0 Å². The van der Waals surface area contributed by atoms with E-state index < -0.39 is 0 Å². The van der Waals surface area contributed by atoms with E-state index in [-0.39, 0.29) is 17.4 Å². The van der Waals surface area contributed by atoms with Gasteiger partial charge in [0.25, 0.3) is 0 Å². The Morgan fingerprint density at radius 2 is 2.07 bits per heavy atom. The zero-order chi connectivity index (χ0) is 18.8. The van der Waals surface area contributed by atoms with Gasteiger partial charge in [0.2, 0.25) is 0 Å². The number of hydrogen-bond acceptors (Lipinski definition) is 1. The normalized spacial score (nSPS) is 34.5. The maximum absolute atomic E-state index is 15.5. The topological polar surface area (TPSA) is 19.0 Å². The maximum Gasteiger partial charge on any atom is 0.129 e. The molecule has 0 radical (unpaired) electrons. The average Bonchev–Trinajstić information content (AvgIpc) is 2.99. The first-order chi connectivity index (χ1) is 13.6. The quantitative estimate of drug-likeness (QED) is 0.595. The van der Waals surface area contributed by atoms with Crippen molar-refractivity contribution in [2.24, 2.45) is 5.92 Å². The van der Waals surface area contributed by atoms with Crippen LogP contribution in [0.3, 0.4) is 0 Å². The number of aromatic amines is 1. The first-order valence-corrected chi connectivity index (χ1v) is 10.5. The number of nitrogens with zero attached hydrogens (tertiary/aromatic N) is 1. The molecule has 3 aliphatic carbocycles.